The highest BCUT2D eigenvalue weighted by Gasteiger charge is 2.30. The molecule has 1 unspecified atom stereocenters. The molecule has 1 aromatic carbocycles. The summed E-state index contributed by atoms with van der Waals surface area (Å²) in [6.07, 6.45) is -4.05. The smallest absolute Gasteiger partial charge is 0.325 e. The maximum absolute atomic E-state index is 12.5. The normalized spacial score (nSPS) is 20.8. The summed E-state index contributed by atoms with van der Waals surface area (Å²) in [7, 11) is -3.04. The van der Waals surface area contributed by atoms with E-state index < -0.39 is 27.5 Å². The van der Waals surface area contributed by atoms with Crippen LogP contribution in [0.2, 0.25) is 0 Å². The molecule has 0 radical (unpaired) electrons. The molecule has 1 aliphatic heterocycles. The Kier molecular flexibility index (Phi) is 4.76. The third-order valence-electron chi connectivity index (χ3n) is 3.26. The van der Waals surface area contributed by atoms with Crippen LogP contribution in [0.5, 0.6) is 0 Å². The van der Waals surface area contributed by atoms with Crippen LogP contribution in [-0.2, 0) is 20.8 Å². The van der Waals surface area contributed by atoms with Crippen molar-refractivity contribution in [1.29, 1.82) is 0 Å². The van der Waals surface area contributed by atoms with Gasteiger partial charge in [0.2, 0.25) is 5.91 Å². The molecule has 0 aliphatic carbocycles. The molecule has 1 aliphatic rings. The molecule has 0 bridgehead atoms. The van der Waals surface area contributed by atoms with Crippen LogP contribution in [0, 0.1) is 0 Å². The first-order valence-electron chi connectivity index (χ1n) is 6.57. The van der Waals surface area contributed by atoms with Crippen LogP contribution in [-0.4, -0.2) is 38.4 Å². The molecular weight excluding hydrogens is 321 g/mol. The van der Waals surface area contributed by atoms with Gasteiger partial charge < -0.3 is 10.6 Å². The highest BCUT2D eigenvalue weighted by Crippen LogP contribution is 2.30. The standard InChI is InChI=1S/C13H15F3N2O3S/c14-13(15,16)9-2-1-3-10(6-9)18-12(19)7-17-11-4-5-22(20,21)8-11/h1-3,6,11,17H,4-5,7-8H2,(H,18,19). The van der Waals surface area contributed by atoms with Crippen LogP contribution in [0.15, 0.2) is 24.3 Å². The van der Waals surface area contributed by atoms with Gasteiger partial charge in [0.05, 0.1) is 23.6 Å². The predicted octanol–water partition coefficient (Wildman–Crippen LogP) is 1.42. The number of carbonyl (C=O) groups excluding carboxylic acids is 1. The van der Waals surface area contributed by atoms with Crippen LogP contribution in [0.1, 0.15) is 12.0 Å². The molecule has 1 aromatic rings. The lowest BCUT2D eigenvalue weighted by Crippen LogP contribution is -2.36. The number of nitrogens with one attached hydrogen (secondary N) is 2. The Morgan fingerprint density at radius 2 is 2.05 bits per heavy atom. The van der Waals surface area contributed by atoms with Gasteiger partial charge >= 0.3 is 6.18 Å². The Hall–Kier alpha value is -1.61. The molecule has 1 atom stereocenters. The summed E-state index contributed by atoms with van der Waals surface area (Å²) in [5, 5.41) is 5.14. The Bertz CT molecular complexity index is 659. The van der Waals surface area contributed by atoms with Crippen molar-refractivity contribution in [2.45, 2.75) is 18.6 Å². The van der Waals surface area contributed by atoms with Crippen molar-refractivity contribution in [3.63, 3.8) is 0 Å². The minimum absolute atomic E-state index is 0.0240. The van der Waals surface area contributed by atoms with Crippen molar-refractivity contribution >= 4 is 21.4 Å². The number of carbonyl (C=O) groups is 1. The predicted molar refractivity (Wildman–Crippen MR) is 75.1 cm³/mol. The number of anilines is 1. The van der Waals surface area contributed by atoms with Gasteiger partial charge in [0, 0.05) is 11.7 Å². The van der Waals surface area contributed by atoms with E-state index >= 15 is 0 Å². The number of benzene rings is 1. The zero-order valence-electron chi connectivity index (χ0n) is 11.5. The molecule has 0 aromatic heterocycles. The number of sulfone groups is 1. The van der Waals surface area contributed by atoms with E-state index in [4.69, 9.17) is 0 Å². The van der Waals surface area contributed by atoms with E-state index in [-0.39, 0.29) is 29.8 Å². The molecule has 1 heterocycles. The molecule has 0 spiro atoms. The van der Waals surface area contributed by atoms with Gasteiger partial charge in [-0.2, -0.15) is 13.2 Å². The lowest BCUT2D eigenvalue weighted by atomic mass is 10.2. The highest BCUT2D eigenvalue weighted by molar-refractivity contribution is 7.91. The van der Waals surface area contributed by atoms with Gasteiger partial charge in [-0.1, -0.05) is 6.07 Å². The van der Waals surface area contributed by atoms with E-state index in [1.54, 1.807) is 0 Å². The average molecular weight is 336 g/mol. The second-order valence-electron chi connectivity index (χ2n) is 5.11. The lowest BCUT2D eigenvalue weighted by Gasteiger charge is -2.12. The summed E-state index contributed by atoms with van der Waals surface area (Å²) >= 11 is 0. The van der Waals surface area contributed by atoms with Crippen LogP contribution in [0.3, 0.4) is 0 Å². The quantitative estimate of drug-likeness (QED) is 0.872. The van der Waals surface area contributed by atoms with Gasteiger partial charge in [-0.05, 0) is 24.6 Å². The maximum Gasteiger partial charge on any atom is 0.416 e. The van der Waals surface area contributed by atoms with Gasteiger partial charge in [0.25, 0.3) is 0 Å². The van der Waals surface area contributed by atoms with Crippen LogP contribution < -0.4 is 10.6 Å². The third kappa shape index (κ3) is 4.70. The van der Waals surface area contributed by atoms with E-state index in [9.17, 15) is 26.4 Å². The van der Waals surface area contributed by atoms with Crippen molar-refractivity contribution in [3.05, 3.63) is 29.8 Å². The highest BCUT2D eigenvalue weighted by atomic mass is 32.2. The van der Waals surface area contributed by atoms with Gasteiger partial charge in [-0.25, -0.2) is 8.42 Å². The first kappa shape index (κ1) is 16.8. The Labute approximate surface area is 125 Å². The molecule has 9 heteroatoms. The average Bonchev–Trinajstić information content (AvgIpc) is 2.75. The number of hydrogen-bond acceptors (Lipinski definition) is 4. The fraction of sp³-hybridized carbons (Fsp3) is 0.462. The fourth-order valence-electron chi connectivity index (χ4n) is 2.17. The van der Waals surface area contributed by atoms with E-state index in [0.717, 1.165) is 12.1 Å². The number of rotatable bonds is 4. The summed E-state index contributed by atoms with van der Waals surface area (Å²) in [6, 6.07) is 4.02. The minimum Gasteiger partial charge on any atom is -0.325 e. The number of amides is 1. The zero-order chi connectivity index (χ0) is 16.4. The number of hydrogen-bond donors (Lipinski definition) is 2. The van der Waals surface area contributed by atoms with Crippen LogP contribution in [0.4, 0.5) is 18.9 Å². The summed E-state index contributed by atoms with van der Waals surface area (Å²) in [6.45, 7) is -0.156. The van der Waals surface area contributed by atoms with Crippen molar-refractivity contribution in [1.82, 2.24) is 5.32 Å². The molecule has 2 rings (SSSR count). The van der Waals surface area contributed by atoms with E-state index in [2.05, 4.69) is 10.6 Å². The Balaban J connectivity index is 1.87. The Morgan fingerprint density at radius 1 is 1.32 bits per heavy atom. The van der Waals surface area contributed by atoms with Crippen LogP contribution in [0.25, 0.3) is 0 Å². The second kappa shape index (κ2) is 6.25. The molecule has 22 heavy (non-hydrogen) atoms. The maximum atomic E-state index is 12.5. The molecule has 1 fully saturated rings. The molecule has 0 saturated carbocycles. The topological polar surface area (TPSA) is 75.3 Å². The Morgan fingerprint density at radius 3 is 2.64 bits per heavy atom. The number of alkyl halides is 3. The first-order valence-corrected chi connectivity index (χ1v) is 8.39. The minimum atomic E-state index is -4.48. The molecule has 1 saturated heterocycles. The van der Waals surface area contributed by atoms with Crippen molar-refractivity contribution in [3.8, 4) is 0 Å². The summed E-state index contributed by atoms with van der Waals surface area (Å²) in [4.78, 5) is 11.7. The summed E-state index contributed by atoms with van der Waals surface area (Å²) < 4.78 is 60.2. The first-order chi connectivity index (χ1) is 10.2. The van der Waals surface area contributed by atoms with Gasteiger partial charge in [-0.15, -0.1) is 0 Å². The van der Waals surface area contributed by atoms with Crippen LogP contribution >= 0.6 is 0 Å². The monoisotopic (exact) mass is 336 g/mol. The molecule has 122 valence electrons. The lowest BCUT2D eigenvalue weighted by molar-refractivity contribution is -0.137. The second-order valence-corrected chi connectivity index (χ2v) is 7.34. The van der Waals surface area contributed by atoms with Crippen molar-refractivity contribution < 1.29 is 26.4 Å². The molecule has 1 amide bonds. The van der Waals surface area contributed by atoms with E-state index in [0.29, 0.717) is 6.42 Å². The van der Waals surface area contributed by atoms with Gasteiger partial charge in [-0.3, -0.25) is 4.79 Å². The number of halogens is 3. The van der Waals surface area contributed by atoms with Gasteiger partial charge in [0.15, 0.2) is 9.84 Å². The summed E-state index contributed by atoms with van der Waals surface area (Å²) in [5.41, 5.74) is -0.805. The zero-order valence-corrected chi connectivity index (χ0v) is 12.3. The molecular formula is C13H15F3N2O3S. The molecule has 5 nitrogen and oxygen atoms in total. The fourth-order valence-corrected chi connectivity index (χ4v) is 3.88. The van der Waals surface area contributed by atoms with Gasteiger partial charge in [0.1, 0.15) is 0 Å². The third-order valence-corrected chi connectivity index (χ3v) is 5.03. The summed E-state index contributed by atoms with van der Waals surface area (Å²) in [5.74, 6) is -0.465. The SMILES string of the molecule is O=C(CNC1CCS(=O)(=O)C1)Nc1cccc(C(F)(F)F)c1. The largest absolute Gasteiger partial charge is 0.416 e. The van der Waals surface area contributed by atoms with E-state index in [1.165, 1.54) is 12.1 Å². The van der Waals surface area contributed by atoms with Crippen molar-refractivity contribution in [2.24, 2.45) is 0 Å². The van der Waals surface area contributed by atoms with Crippen molar-refractivity contribution in [2.75, 3.05) is 23.4 Å². The van der Waals surface area contributed by atoms with E-state index in [1.807, 2.05) is 0 Å². The molecule has 2 N–H and O–H groups in total.